The van der Waals surface area contributed by atoms with Gasteiger partial charge in [0.25, 0.3) is 0 Å². The second kappa shape index (κ2) is 5.48. The van der Waals surface area contributed by atoms with Gasteiger partial charge in [0, 0.05) is 18.2 Å². The summed E-state index contributed by atoms with van der Waals surface area (Å²) in [5.74, 6) is -0.542. The van der Waals surface area contributed by atoms with Crippen LogP contribution >= 0.6 is 0 Å². The van der Waals surface area contributed by atoms with Crippen LogP contribution in [0.4, 0.5) is 5.82 Å². The summed E-state index contributed by atoms with van der Waals surface area (Å²) in [6, 6.07) is 3.24. The monoisotopic (exact) mass is 251 g/mol. The molecule has 1 aromatic rings. The van der Waals surface area contributed by atoms with Gasteiger partial charge in [-0.2, -0.15) is 0 Å². The van der Waals surface area contributed by atoms with Gasteiger partial charge in [-0.1, -0.05) is 0 Å². The minimum Gasteiger partial charge on any atom is -0.465 e. The molecule has 1 aromatic heterocycles. The second-order valence-electron chi connectivity index (χ2n) is 4.54. The van der Waals surface area contributed by atoms with E-state index in [-0.39, 0.29) is 6.42 Å². The molecule has 1 amide bonds. The molecule has 0 aliphatic heterocycles. The van der Waals surface area contributed by atoms with Crippen molar-refractivity contribution < 1.29 is 14.3 Å². The van der Waals surface area contributed by atoms with Crippen molar-refractivity contribution in [1.29, 1.82) is 0 Å². The van der Waals surface area contributed by atoms with Crippen molar-refractivity contribution in [1.82, 2.24) is 4.98 Å². The normalized spacial score (nSPS) is 10.8. The topological polar surface area (TPSA) is 94.3 Å². The smallest absolute Gasteiger partial charge is 0.341 e. The molecule has 6 heteroatoms. The lowest BCUT2D eigenvalue weighted by Gasteiger charge is -2.26. The fraction of sp³-hybridized carbons (Fsp3) is 0.417. The third-order valence-electron chi connectivity index (χ3n) is 2.29. The summed E-state index contributed by atoms with van der Waals surface area (Å²) in [6.45, 7) is 3.60. The Balaban J connectivity index is 2.97. The molecular weight excluding hydrogens is 234 g/mol. The highest BCUT2D eigenvalue weighted by atomic mass is 16.5. The number of anilines is 1. The number of ether oxygens (including phenoxy) is 1. The van der Waals surface area contributed by atoms with Crippen LogP contribution in [0, 0.1) is 0 Å². The zero-order chi connectivity index (χ0) is 13.8. The minimum atomic E-state index is -0.594. The maximum Gasteiger partial charge on any atom is 0.341 e. The molecule has 0 aromatic carbocycles. The van der Waals surface area contributed by atoms with Gasteiger partial charge in [0.1, 0.15) is 11.4 Å². The Labute approximate surface area is 106 Å². The standard InChI is InChI=1S/C12H17N3O3/c1-12(2,7-9(13)16)15-10-8(11(17)18-3)5-4-6-14-10/h4-6H,7H2,1-3H3,(H2,13,16)(H,14,15). The van der Waals surface area contributed by atoms with Crippen LogP contribution < -0.4 is 11.1 Å². The number of rotatable bonds is 5. The molecule has 0 unspecified atom stereocenters. The molecule has 0 saturated carbocycles. The van der Waals surface area contributed by atoms with E-state index in [4.69, 9.17) is 5.73 Å². The van der Waals surface area contributed by atoms with Crippen LogP contribution in [0.1, 0.15) is 30.6 Å². The molecule has 3 N–H and O–H groups in total. The second-order valence-corrected chi connectivity index (χ2v) is 4.54. The number of nitrogens with two attached hydrogens (primary N) is 1. The predicted octanol–water partition coefficient (Wildman–Crippen LogP) is 0.934. The summed E-state index contributed by atoms with van der Waals surface area (Å²) in [6.07, 6.45) is 1.68. The molecule has 0 spiro atoms. The Kier molecular flexibility index (Phi) is 4.25. The summed E-state index contributed by atoms with van der Waals surface area (Å²) < 4.78 is 4.66. The summed E-state index contributed by atoms with van der Waals surface area (Å²) in [5, 5.41) is 3.02. The number of nitrogens with one attached hydrogen (secondary N) is 1. The van der Waals surface area contributed by atoms with E-state index in [1.165, 1.54) is 7.11 Å². The van der Waals surface area contributed by atoms with E-state index in [2.05, 4.69) is 15.0 Å². The Bertz CT molecular complexity index is 458. The Morgan fingerprint density at radius 2 is 2.17 bits per heavy atom. The summed E-state index contributed by atoms with van der Waals surface area (Å²) in [7, 11) is 1.30. The summed E-state index contributed by atoms with van der Waals surface area (Å²) in [5.41, 5.74) is 4.89. The van der Waals surface area contributed by atoms with Gasteiger partial charge in [0.2, 0.25) is 5.91 Å². The van der Waals surface area contributed by atoms with Gasteiger partial charge < -0.3 is 15.8 Å². The maximum atomic E-state index is 11.5. The van der Waals surface area contributed by atoms with Gasteiger partial charge in [-0.25, -0.2) is 9.78 Å². The zero-order valence-corrected chi connectivity index (χ0v) is 10.7. The molecule has 1 rings (SSSR count). The third-order valence-corrected chi connectivity index (χ3v) is 2.29. The van der Waals surface area contributed by atoms with Gasteiger partial charge >= 0.3 is 5.97 Å². The van der Waals surface area contributed by atoms with Crippen LogP contribution in [-0.2, 0) is 9.53 Å². The molecule has 0 bridgehead atoms. The highest BCUT2D eigenvalue weighted by Crippen LogP contribution is 2.20. The number of carbonyl (C=O) groups excluding carboxylic acids is 2. The molecule has 98 valence electrons. The first-order valence-electron chi connectivity index (χ1n) is 5.45. The van der Waals surface area contributed by atoms with E-state index in [1.807, 2.05) is 0 Å². The molecule has 0 fully saturated rings. The van der Waals surface area contributed by atoms with Crippen LogP contribution in [0.2, 0.25) is 0 Å². The number of methoxy groups -OCH3 is 1. The fourth-order valence-corrected chi connectivity index (χ4v) is 1.58. The van der Waals surface area contributed by atoms with Crippen molar-refractivity contribution in [3.8, 4) is 0 Å². The third kappa shape index (κ3) is 3.73. The number of hydrogen-bond donors (Lipinski definition) is 2. The van der Waals surface area contributed by atoms with Gasteiger partial charge in [-0.3, -0.25) is 4.79 Å². The Hall–Kier alpha value is -2.11. The molecule has 0 radical (unpaired) electrons. The summed E-state index contributed by atoms with van der Waals surface area (Å²) in [4.78, 5) is 26.6. The average Bonchev–Trinajstić information content (AvgIpc) is 2.26. The van der Waals surface area contributed by atoms with Crippen LogP contribution in [0.3, 0.4) is 0 Å². The lowest BCUT2D eigenvalue weighted by atomic mass is 10.00. The Morgan fingerprint density at radius 3 is 2.72 bits per heavy atom. The predicted molar refractivity (Wildman–Crippen MR) is 67.1 cm³/mol. The largest absolute Gasteiger partial charge is 0.465 e. The van der Waals surface area contributed by atoms with Gasteiger partial charge in [0.05, 0.1) is 7.11 Å². The Morgan fingerprint density at radius 1 is 1.50 bits per heavy atom. The van der Waals surface area contributed by atoms with Gasteiger partial charge in [-0.05, 0) is 26.0 Å². The van der Waals surface area contributed by atoms with Gasteiger partial charge in [-0.15, -0.1) is 0 Å². The van der Waals surface area contributed by atoms with E-state index in [9.17, 15) is 9.59 Å². The van der Waals surface area contributed by atoms with E-state index >= 15 is 0 Å². The first-order valence-corrected chi connectivity index (χ1v) is 5.45. The number of hydrogen-bond acceptors (Lipinski definition) is 5. The molecular formula is C12H17N3O3. The van der Waals surface area contributed by atoms with Crippen molar-refractivity contribution in [2.75, 3.05) is 12.4 Å². The van der Waals surface area contributed by atoms with Crippen LogP contribution in [0.5, 0.6) is 0 Å². The van der Waals surface area contributed by atoms with Crippen molar-refractivity contribution in [2.24, 2.45) is 5.73 Å². The zero-order valence-electron chi connectivity index (χ0n) is 10.7. The summed E-state index contributed by atoms with van der Waals surface area (Å²) >= 11 is 0. The average molecular weight is 251 g/mol. The molecule has 1 heterocycles. The number of nitrogens with zero attached hydrogens (tertiary/aromatic N) is 1. The number of pyridine rings is 1. The van der Waals surface area contributed by atoms with Crippen LogP contribution in [-0.4, -0.2) is 29.5 Å². The lowest BCUT2D eigenvalue weighted by Crippen LogP contribution is -2.36. The van der Waals surface area contributed by atoms with E-state index < -0.39 is 17.4 Å². The van der Waals surface area contributed by atoms with Crippen LogP contribution in [0.15, 0.2) is 18.3 Å². The number of carbonyl (C=O) groups is 2. The van der Waals surface area contributed by atoms with Crippen LogP contribution in [0.25, 0.3) is 0 Å². The number of primary amides is 1. The molecule has 0 aliphatic rings. The molecule has 0 aliphatic carbocycles. The van der Waals surface area contributed by atoms with E-state index in [0.717, 1.165) is 0 Å². The molecule has 6 nitrogen and oxygen atoms in total. The minimum absolute atomic E-state index is 0.129. The SMILES string of the molecule is COC(=O)c1cccnc1NC(C)(C)CC(N)=O. The first-order chi connectivity index (χ1) is 8.35. The number of aromatic nitrogens is 1. The maximum absolute atomic E-state index is 11.5. The number of amides is 1. The van der Waals surface area contributed by atoms with E-state index in [0.29, 0.717) is 11.4 Å². The van der Waals surface area contributed by atoms with Crippen molar-refractivity contribution in [2.45, 2.75) is 25.8 Å². The lowest BCUT2D eigenvalue weighted by molar-refractivity contribution is -0.118. The molecule has 18 heavy (non-hydrogen) atoms. The fourth-order valence-electron chi connectivity index (χ4n) is 1.58. The van der Waals surface area contributed by atoms with Crippen molar-refractivity contribution in [3.63, 3.8) is 0 Å². The molecule has 0 atom stereocenters. The molecule has 0 saturated heterocycles. The highest BCUT2D eigenvalue weighted by Gasteiger charge is 2.23. The first kappa shape index (κ1) is 14.0. The van der Waals surface area contributed by atoms with Gasteiger partial charge in [0.15, 0.2) is 0 Å². The quantitative estimate of drug-likeness (QED) is 0.759. The number of esters is 1. The highest BCUT2D eigenvalue weighted by molar-refractivity contribution is 5.94. The van der Waals surface area contributed by atoms with E-state index in [1.54, 1.807) is 32.2 Å². The van der Waals surface area contributed by atoms with Crippen molar-refractivity contribution >= 4 is 17.7 Å². The van der Waals surface area contributed by atoms with Crippen molar-refractivity contribution in [3.05, 3.63) is 23.9 Å².